The van der Waals surface area contributed by atoms with Crippen molar-refractivity contribution < 1.29 is 23.5 Å². The van der Waals surface area contributed by atoms with Crippen LogP contribution in [0.3, 0.4) is 0 Å². The second kappa shape index (κ2) is 11.2. The molecule has 1 aliphatic heterocycles. The molecule has 0 spiro atoms. The minimum absolute atomic E-state index is 0.281. The molecule has 10 nitrogen and oxygen atoms in total. The summed E-state index contributed by atoms with van der Waals surface area (Å²) < 4.78 is 31.8. The topological polar surface area (TPSA) is 135 Å². The Bertz CT molecular complexity index is 1100. The van der Waals surface area contributed by atoms with Crippen molar-refractivity contribution in [1.82, 2.24) is 19.5 Å². The van der Waals surface area contributed by atoms with Crippen molar-refractivity contribution >= 4 is 46.2 Å². The summed E-state index contributed by atoms with van der Waals surface area (Å²) in [7, 11) is -0.713. The molecule has 4 atom stereocenters. The molecule has 3 unspecified atom stereocenters. The number of rotatable bonds is 10. The van der Waals surface area contributed by atoms with Crippen LogP contribution in [-0.2, 0) is 31.7 Å². The van der Waals surface area contributed by atoms with E-state index in [0.717, 1.165) is 5.56 Å². The SMILES string of the molecule is C[C@H](Cn1cnc2c(N)ncnc21)OCP(=O)(O)OC1CSSCC1OCc1ccccc1. The maximum absolute atomic E-state index is 12.7. The van der Waals surface area contributed by atoms with Gasteiger partial charge in [-0.05, 0) is 12.5 Å². The minimum atomic E-state index is -3.99. The highest BCUT2D eigenvalue weighted by molar-refractivity contribution is 8.76. The van der Waals surface area contributed by atoms with Gasteiger partial charge in [-0.2, -0.15) is 0 Å². The zero-order chi connectivity index (χ0) is 23.3. The van der Waals surface area contributed by atoms with Crippen molar-refractivity contribution in [2.75, 3.05) is 23.6 Å². The van der Waals surface area contributed by atoms with E-state index in [1.807, 2.05) is 30.3 Å². The van der Waals surface area contributed by atoms with Gasteiger partial charge in [0, 0.05) is 11.5 Å². The molecule has 33 heavy (non-hydrogen) atoms. The van der Waals surface area contributed by atoms with E-state index in [9.17, 15) is 9.46 Å². The Kier molecular flexibility index (Phi) is 8.29. The largest absolute Gasteiger partial charge is 0.382 e. The van der Waals surface area contributed by atoms with Crippen LogP contribution in [0.25, 0.3) is 11.2 Å². The van der Waals surface area contributed by atoms with Crippen molar-refractivity contribution in [2.24, 2.45) is 0 Å². The van der Waals surface area contributed by atoms with Crippen molar-refractivity contribution in [3.63, 3.8) is 0 Å². The predicted octanol–water partition coefficient (Wildman–Crippen LogP) is 3.32. The van der Waals surface area contributed by atoms with E-state index < -0.39 is 20.0 Å². The lowest BCUT2D eigenvalue weighted by molar-refractivity contribution is -0.0200. The summed E-state index contributed by atoms with van der Waals surface area (Å²) in [5, 5.41) is 0. The Balaban J connectivity index is 1.29. The lowest BCUT2D eigenvalue weighted by atomic mass is 10.2. The molecule has 2 aromatic heterocycles. The van der Waals surface area contributed by atoms with E-state index in [1.54, 1.807) is 39.4 Å². The lowest BCUT2D eigenvalue weighted by Crippen LogP contribution is -2.37. The van der Waals surface area contributed by atoms with Crippen LogP contribution in [0.15, 0.2) is 43.0 Å². The highest BCUT2D eigenvalue weighted by Gasteiger charge is 2.34. The van der Waals surface area contributed by atoms with Gasteiger partial charge in [0.15, 0.2) is 11.5 Å². The number of hydrogen-bond acceptors (Lipinski definition) is 10. The molecule has 3 N–H and O–H groups in total. The third kappa shape index (κ3) is 6.69. The monoisotopic (exact) mass is 511 g/mol. The number of nitrogen functional groups attached to an aromatic ring is 1. The number of ether oxygens (including phenoxy) is 2. The molecule has 3 heterocycles. The van der Waals surface area contributed by atoms with Gasteiger partial charge in [0.2, 0.25) is 0 Å². The van der Waals surface area contributed by atoms with Gasteiger partial charge in [-0.3, -0.25) is 4.57 Å². The Hall–Kier alpha value is -1.66. The minimum Gasteiger partial charge on any atom is -0.382 e. The van der Waals surface area contributed by atoms with Gasteiger partial charge >= 0.3 is 7.60 Å². The second-order valence-corrected chi connectivity index (χ2v) is 11.9. The first kappa shape index (κ1) is 24.5. The third-order valence-electron chi connectivity index (χ3n) is 4.98. The maximum atomic E-state index is 12.7. The molecule has 4 rings (SSSR count). The van der Waals surface area contributed by atoms with Crippen LogP contribution in [-0.4, -0.2) is 60.6 Å². The van der Waals surface area contributed by atoms with Gasteiger partial charge in [-0.25, -0.2) is 15.0 Å². The number of nitrogens with zero attached hydrogens (tertiary/aromatic N) is 4. The molecule has 178 valence electrons. The van der Waals surface area contributed by atoms with Crippen molar-refractivity contribution in [3.8, 4) is 0 Å². The highest BCUT2D eigenvalue weighted by Crippen LogP contribution is 2.47. The summed E-state index contributed by atoms with van der Waals surface area (Å²) in [4.78, 5) is 22.8. The van der Waals surface area contributed by atoms with E-state index in [0.29, 0.717) is 41.6 Å². The molecule has 0 saturated carbocycles. The highest BCUT2D eigenvalue weighted by atomic mass is 33.1. The molecular weight excluding hydrogens is 485 g/mol. The zero-order valence-corrected chi connectivity index (χ0v) is 20.5. The van der Waals surface area contributed by atoms with Crippen molar-refractivity contribution in [3.05, 3.63) is 48.5 Å². The first-order valence-corrected chi connectivity index (χ1v) is 14.6. The molecule has 0 bridgehead atoms. The number of aromatic nitrogens is 4. The number of fused-ring (bicyclic) bond motifs is 1. The second-order valence-electron chi connectivity index (χ2n) is 7.62. The van der Waals surface area contributed by atoms with E-state index >= 15 is 0 Å². The fraction of sp³-hybridized carbons (Fsp3) is 0.450. The lowest BCUT2D eigenvalue weighted by Gasteiger charge is -2.31. The quantitative estimate of drug-likeness (QED) is 0.306. The van der Waals surface area contributed by atoms with Crippen LogP contribution in [0, 0.1) is 0 Å². The standard InChI is InChI=1S/C20H26N5O5PS2/c1-14(7-25-12-24-18-19(21)22-11-23-20(18)25)29-13-31(26,27)30-17-10-33-32-9-16(17)28-8-15-5-3-2-4-6-15/h2-6,11-12,14,16-17H,7-10,13H2,1H3,(H,26,27)(H2,21,22,23)/t14-,16?,17?/m1/s1. The molecule has 1 fully saturated rings. The Morgan fingerprint density at radius 2 is 1.97 bits per heavy atom. The average molecular weight is 512 g/mol. The van der Waals surface area contributed by atoms with Crippen LogP contribution >= 0.6 is 29.2 Å². The summed E-state index contributed by atoms with van der Waals surface area (Å²) in [6.45, 7) is 2.60. The molecular formula is C20H26N5O5PS2. The fourth-order valence-electron chi connectivity index (χ4n) is 3.30. The fourth-order valence-corrected chi connectivity index (χ4v) is 6.98. The van der Waals surface area contributed by atoms with Crippen LogP contribution in [0.1, 0.15) is 12.5 Å². The number of imidazole rings is 1. The molecule has 13 heteroatoms. The van der Waals surface area contributed by atoms with Gasteiger partial charge in [0.05, 0.1) is 31.7 Å². The summed E-state index contributed by atoms with van der Waals surface area (Å²) in [6, 6.07) is 9.82. The normalized spacial score (nSPS) is 21.6. The molecule has 0 amide bonds. The number of benzene rings is 1. The molecule has 3 aromatic rings. The van der Waals surface area contributed by atoms with E-state index in [-0.39, 0.29) is 12.2 Å². The van der Waals surface area contributed by atoms with Crippen LogP contribution in [0.5, 0.6) is 0 Å². The van der Waals surface area contributed by atoms with Crippen LogP contribution < -0.4 is 5.73 Å². The van der Waals surface area contributed by atoms with Crippen LogP contribution in [0.2, 0.25) is 0 Å². The number of hydrogen-bond donors (Lipinski definition) is 2. The average Bonchev–Trinajstić information content (AvgIpc) is 3.22. The molecule has 0 radical (unpaired) electrons. The van der Waals surface area contributed by atoms with Gasteiger partial charge in [0.1, 0.15) is 24.3 Å². The van der Waals surface area contributed by atoms with Crippen molar-refractivity contribution in [2.45, 2.75) is 38.4 Å². The maximum Gasteiger partial charge on any atom is 0.353 e. The van der Waals surface area contributed by atoms with E-state index in [2.05, 4.69) is 15.0 Å². The predicted molar refractivity (Wildman–Crippen MR) is 130 cm³/mol. The first-order chi connectivity index (χ1) is 15.9. The van der Waals surface area contributed by atoms with Crippen LogP contribution in [0.4, 0.5) is 5.82 Å². The zero-order valence-electron chi connectivity index (χ0n) is 18.0. The van der Waals surface area contributed by atoms with Crippen molar-refractivity contribution in [1.29, 1.82) is 0 Å². The van der Waals surface area contributed by atoms with Gasteiger partial charge < -0.3 is 29.2 Å². The number of anilines is 1. The van der Waals surface area contributed by atoms with E-state index in [4.69, 9.17) is 19.7 Å². The Morgan fingerprint density at radius 1 is 1.21 bits per heavy atom. The smallest absolute Gasteiger partial charge is 0.353 e. The van der Waals surface area contributed by atoms with Gasteiger partial charge in [-0.1, -0.05) is 51.9 Å². The Morgan fingerprint density at radius 3 is 2.76 bits per heavy atom. The molecule has 1 saturated heterocycles. The summed E-state index contributed by atoms with van der Waals surface area (Å²) in [5.41, 5.74) is 7.95. The summed E-state index contributed by atoms with van der Waals surface area (Å²) in [5.74, 6) is 1.54. The Labute approximate surface area is 199 Å². The van der Waals surface area contributed by atoms with E-state index in [1.165, 1.54) is 6.33 Å². The molecule has 0 aliphatic carbocycles. The van der Waals surface area contributed by atoms with Gasteiger partial charge in [-0.15, -0.1) is 0 Å². The third-order valence-corrected chi connectivity index (χ3v) is 8.46. The molecule has 1 aliphatic rings. The number of nitrogens with two attached hydrogens (primary N) is 1. The first-order valence-electron chi connectivity index (χ1n) is 10.3. The molecule has 1 aromatic carbocycles. The summed E-state index contributed by atoms with van der Waals surface area (Å²) >= 11 is 0. The summed E-state index contributed by atoms with van der Waals surface area (Å²) in [6.07, 6.45) is 1.38. The van der Waals surface area contributed by atoms with Gasteiger partial charge in [0.25, 0.3) is 0 Å².